The molecule has 0 saturated carbocycles. The standard InChI is InChI=1S/C8H5F3O3S/c9-8(10,11)15(14)6-3-1-5(2-4-6)7(12)13/h1-4H,(H,12,13). The highest BCUT2D eigenvalue weighted by Gasteiger charge is 2.37. The molecule has 1 N–H and O–H groups in total. The van der Waals surface area contributed by atoms with E-state index in [1.54, 1.807) is 0 Å². The van der Waals surface area contributed by atoms with Gasteiger partial charge in [0, 0.05) is 4.90 Å². The maximum atomic E-state index is 12.0. The van der Waals surface area contributed by atoms with Crippen molar-refractivity contribution >= 4 is 16.8 Å². The molecule has 0 spiro atoms. The first-order chi connectivity index (χ1) is 6.82. The molecule has 0 amide bonds. The smallest absolute Gasteiger partial charge is 0.475 e. The first kappa shape index (κ1) is 11.7. The van der Waals surface area contributed by atoms with Gasteiger partial charge in [0.2, 0.25) is 0 Å². The Morgan fingerprint density at radius 3 is 2.00 bits per heavy atom. The van der Waals surface area contributed by atoms with Crippen LogP contribution in [0.15, 0.2) is 29.2 Å². The minimum Gasteiger partial charge on any atom is -0.478 e. The van der Waals surface area contributed by atoms with Crippen LogP contribution in [-0.2, 0) is 10.8 Å². The van der Waals surface area contributed by atoms with Crippen LogP contribution in [0.5, 0.6) is 0 Å². The van der Waals surface area contributed by atoms with Crippen molar-refractivity contribution in [1.29, 1.82) is 0 Å². The van der Waals surface area contributed by atoms with Crippen LogP contribution in [0.1, 0.15) is 10.4 Å². The molecule has 0 aromatic heterocycles. The van der Waals surface area contributed by atoms with E-state index in [0.717, 1.165) is 24.3 Å². The van der Waals surface area contributed by atoms with Gasteiger partial charge in [-0.1, -0.05) is 0 Å². The lowest BCUT2D eigenvalue weighted by Gasteiger charge is -2.05. The van der Waals surface area contributed by atoms with E-state index in [1.807, 2.05) is 0 Å². The topological polar surface area (TPSA) is 54.4 Å². The Morgan fingerprint density at radius 2 is 1.67 bits per heavy atom. The maximum Gasteiger partial charge on any atom is 0.475 e. The lowest BCUT2D eigenvalue weighted by molar-refractivity contribution is -0.0384. The molecule has 1 aromatic rings. The van der Waals surface area contributed by atoms with Gasteiger partial charge in [0.15, 0.2) is 10.8 Å². The van der Waals surface area contributed by atoms with Crippen molar-refractivity contribution in [2.75, 3.05) is 0 Å². The quantitative estimate of drug-likeness (QED) is 0.857. The van der Waals surface area contributed by atoms with E-state index in [2.05, 4.69) is 0 Å². The van der Waals surface area contributed by atoms with Gasteiger partial charge in [-0.3, -0.25) is 0 Å². The summed E-state index contributed by atoms with van der Waals surface area (Å²) in [5.41, 5.74) is -4.98. The number of carboxylic acid groups (broad SMARTS) is 1. The average molecular weight is 238 g/mol. The van der Waals surface area contributed by atoms with E-state index in [0.29, 0.717) is 0 Å². The van der Waals surface area contributed by atoms with Crippen LogP contribution in [0.25, 0.3) is 0 Å². The molecule has 0 aliphatic carbocycles. The summed E-state index contributed by atoms with van der Waals surface area (Å²) < 4.78 is 46.7. The zero-order valence-electron chi connectivity index (χ0n) is 7.12. The summed E-state index contributed by atoms with van der Waals surface area (Å²) >= 11 is 0. The van der Waals surface area contributed by atoms with Crippen LogP contribution in [0.2, 0.25) is 0 Å². The number of hydrogen-bond acceptors (Lipinski definition) is 2. The molecular formula is C8H5F3O3S. The first-order valence-corrected chi connectivity index (χ1v) is 4.79. The van der Waals surface area contributed by atoms with Gasteiger partial charge >= 0.3 is 11.5 Å². The van der Waals surface area contributed by atoms with Crippen LogP contribution in [-0.4, -0.2) is 20.8 Å². The predicted molar refractivity (Wildman–Crippen MR) is 45.9 cm³/mol. The summed E-state index contributed by atoms with van der Waals surface area (Å²) in [4.78, 5) is 9.92. The van der Waals surface area contributed by atoms with E-state index < -0.39 is 27.2 Å². The molecule has 0 radical (unpaired) electrons. The third-order valence-corrected chi connectivity index (χ3v) is 2.65. The Kier molecular flexibility index (Phi) is 3.13. The van der Waals surface area contributed by atoms with Crippen molar-refractivity contribution in [1.82, 2.24) is 0 Å². The van der Waals surface area contributed by atoms with Gasteiger partial charge in [-0.2, -0.15) is 13.2 Å². The van der Waals surface area contributed by atoms with Gasteiger partial charge in [0.05, 0.1) is 5.56 Å². The van der Waals surface area contributed by atoms with Gasteiger partial charge in [-0.05, 0) is 24.3 Å². The van der Waals surface area contributed by atoms with Crippen molar-refractivity contribution in [3.05, 3.63) is 29.8 Å². The molecule has 3 nitrogen and oxygen atoms in total. The first-order valence-electron chi connectivity index (χ1n) is 3.64. The fourth-order valence-corrected chi connectivity index (χ4v) is 1.51. The van der Waals surface area contributed by atoms with Crippen molar-refractivity contribution < 1.29 is 27.3 Å². The highest BCUT2D eigenvalue weighted by atomic mass is 32.2. The fraction of sp³-hybridized carbons (Fsp3) is 0.125. The molecule has 1 atom stereocenters. The molecule has 15 heavy (non-hydrogen) atoms. The summed E-state index contributed by atoms with van der Waals surface area (Å²) in [6, 6.07) is 3.71. The SMILES string of the molecule is O=C(O)c1ccc(S(=O)C(F)(F)F)cc1. The Labute approximate surface area is 85.0 Å². The minimum absolute atomic E-state index is 0.155. The van der Waals surface area contributed by atoms with Gasteiger partial charge in [-0.15, -0.1) is 0 Å². The second-order valence-corrected chi connectivity index (χ2v) is 4.02. The van der Waals surface area contributed by atoms with Crippen molar-refractivity contribution in [3.8, 4) is 0 Å². The molecule has 1 aromatic carbocycles. The molecule has 1 unspecified atom stereocenters. The second-order valence-electron chi connectivity index (χ2n) is 2.54. The van der Waals surface area contributed by atoms with Crippen LogP contribution in [0, 0.1) is 0 Å². The van der Waals surface area contributed by atoms with E-state index >= 15 is 0 Å². The lowest BCUT2D eigenvalue weighted by Crippen LogP contribution is -2.16. The summed E-state index contributed by atoms with van der Waals surface area (Å²) in [6.07, 6.45) is 0. The molecule has 0 aliphatic heterocycles. The fourth-order valence-electron chi connectivity index (χ4n) is 0.855. The van der Waals surface area contributed by atoms with Crippen LogP contribution in [0.4, 0.5) is 13.2 Å². The third-order valence-electron chi connectivity index (χ3n) is 1.53. The monoisotopic (exact) mass is 238 g/mol. The van der Waals surface area contributed by atoms with Crippen LogP contribution < -0.4 is 0 Å². The average Bonchev–Trinajstić information content (AvgIpc) is 2.15. The zero-order valence-corrected chi connectivity index (χ0v) is 7.93. The van der Waals surface area contributed by atoms with Gasteiger partial charge in [0.25, 0.3) is 0 Å². The molecule has 7 heteroatoms. The molecule has 0 heterocycles. The highest BCUT2D eigenvalue weighted by molar-refractivity contribution is 7.86. The highest BCUT2D eigenvalue weighted by Crippen LogP contribution is 2.26. The summed E-state index contributed by atoms with van der Waals surface area (Å²) in [6.45, 7) is 0. The Balaban J connectivity index is 3.00. The largest absolute Gasteiger partial charge is 0.478 e. The number of alkyl halides is 3. The van der Waals surface area contributed by atoms with E-state index in [-0.39, 0.29) is 5.56 Å². The second kappa shape index (κ2) is 4.01. The zero-order chi connectivity index (χ0) is 11.6. The molecule has 0 bridgehead atoms. The molecular weight excluding hydrogens is 233 g/mol. The van der Waals surface area contributed by atoms with Crippen LogP contribution >= 0.6 is 0 Å². The van der Waals surface area contributed by atoms with Gasteiger partial charge in [0.1, 0.15) is 0 Å². The summed E-state index contributed by atoms with van der Waals surface area (Å²) in [5.74, 6) is -1.25. The normalized spacial score (nSPS) is 13.5. The number of aromatic carboxylic acids is 1. The van der Waals surface area contributed by atoms with Gasteiger partial charge in [-0.25, -0.2) is 9.00 Å². The molecule has 0 fully saturated rings. The number of rotatable bonds is 2. The number of carbonyl (C=O) groups is 1. The van der Waals surface area contributed by atoms with Crippen molar-refractivity contribution in [3.63, 3.8) is 0 Å². The molecule has 0 saturated heterocycles. The summed E-state index contributed by atoms with van der Waals surface area (Å²) in [5, 5.41) is 8.48. The van der Waals surface area contributed by atoms with Crippen molar-refractivity contribution in [2.45, 2.75) is 10.4 Å². The molecule has 82 valence electrons. The number of benzene rings is 1. The number of hydrogen-bond donors (Lipinski definition) is 1. The Hall–Kier alpha value is -1.37. The van der Waals surface area contributed by atoms with Crippen LogP contribution in [0.3, 0.4) is 0 Å². The van der Waals surface area contributed by atoms with E-state index in [4.69, 9.17) is 5.11 Å². The lowest BCUT2D eigenvalue weighted by atomic mass is 10.2. The van der Waals surface area contributed by atoms with Gasteiger partial charge < -0.3 is 5.11 Å². The summed E-state index contributed by atoms with van der Waals surface area (Å²) in [7, 11) is -3.12. The van der Waals surface area contributed by atoms with Crippen molar-refractivity contribution in [2.24, 2.45) is 0 Å². The molecule has 0 aliphatic rings. The number of carboxylic acids is 1. The third kappa shape index (κ3) is 2.79. The predicted octanol–water partition coefficient (Wildman–Crippen LogP) is 2.01. The Morgan fingerprint density at radius 1 is 1.20 bits per heavy atom. The number of halogens is 3. The Bertz CT molecular complexity index is 397. The minimum atomic E-state index is -4.83. The maximum absolute atomic E-state index is 12.0. The van der Waals surface area contributed by atoms with E-state index in [1.165, 1.54) is 0 Å². The van der Waals surface area contributed by atoms with E-state index in [9.17, 15) is 22.2 Å². The molecule has 1 rings (SSSR count).